The number of hydrogen-bond donors (Lipinski definition) is 4. The van der Waals surface area contributed by atoms with Crippen LogP contribution in [0.3, 0.4) is 0 Å². The van der Waals surface area contributed by atoms with Crippen LogP contribution in [0.5, 0.6) is 0 Å². The summed E-state index contributed by atoms with van der Waals surface area (Å²) < 4.78 is 0. The maximum atomic E-state index is 9.31. The number of rotatable bonds is 6. The number of nitrogens with two attached hydrogens (primary N) is 1. The molecule has 0 aliphatic carbocycles. The van der Waals surface area contributed by atoms with E-state index in [0.717, 1.165) is 10.6 Å². The van der Waals surface area contributed by atoms with Crippen LogP contribution in [0.25, 0.3) is 0 Å². The van der Waals surface area contributed by atoms with E-state index in [-0.39, 0.29) is 6.61 Å². The maximum Gasteiger partial charge on any atom is 0.147 e. The topological polar surface area (TPSA) is 104 Å². The van der Waals surface area contributed by atoms with Crippen LogP contribution in [0, 0.1) is 6.92 Å². The molecule has 7 heteroatoms. The van der Waals surface area contributed by atoms with E-state index < -0.39 is 6.10 Å². The number of aromatic nitrogens is 2. The normalized spacial score (nSPS) is 12.5. The van der Waals surface area contributed by atoms with Crippen LogP contribution < -0.4 is 11.3 Å². The van der Waals surface area contributed by atoms with Crippen molar-refractivity contribution >= 4 is 17.6 Å². The van der Waals surface area contributed by atoms with E-state index in [9.17, 15) is 5.11 Å². The summed E-state index contributed by atoms with van der Waals surface area (Å²) >= 11 is 1.38. The van der Waals surface area contributed by atoms with Crippen molar-refractivity contribution in [2.75, 3.05) is 17.8 Å². The lowest BCUT2D eigenvalue weighted by Crippen LogP contribution is -2.16. The van der Waals surface area contributed by atoms with Crippen LogP contribution in [0.15, 0.2) is 5.03 Å². The minimum atomic E-state index is -0.742. The van der Waals surface area contributed by atoms with Gasteiger partial charge in [-0.2, -0.15) is 0 Å². The molecule has 1 rings (SSSR count). The highest BCUT2D eigenvalue weighted by Crippen LogP contribution is 2.25. The predicted octanol–water partition coefficient (Wildman–Crippen LogP) is 0.0783. The Morgan fingerprint density at radius 3 is 2.71 bits per heavy atom. The highest BCUT2D eigenvalue weighted by Gasteiger charge is 2.11. The molecule has 1 unspecified atom stereocenters. The van der Waals surface area contributed by atoms with E-state index in [4.69, 9.17) is 10.9 Å². The second-order valence-corrected chi connectivity index (χ2v) is 4.57. The Balaban J connectivity index is 2.89. The standard InChI is InChI=1S/C10H18N4O2S/c1-3-8-12-9(14-11)6(2)10(13-8)17-5-7(16)4-15/h7,15-16H,3-5,11H2,1-2H3,(H,12,13,14). The lowest BCUT2D eigenvalue weighted by atomic mass is 10.3. The van der Waals surface area contributed by atoms with Gasteiger partial charge in [-0.05, 0) is 6.92 Å². The Morgan fingerprint density at radius 1 is 1.47 bits per heavy atom. The Kier molecular flexibility index (Phi) is 5.63. The summed E-state index contributed by atoms with van der Waals surface area (Å²) in [4.78, 5) is 8.61. The number of aliphatic hydroxyl groups excluding tert-OH is 2. The Labute approximate surface area is 105 Å². The molecule has 1 heterocycles. The summed E-state index contributed by atoms with van der Waals surface area (Å²) in [5.74, 6) is 7.07. The second kappa shape index (κ2) is 6.75. The van der Waals surface area contributed by atoms with Crippen LogP contribution >= 0.6 is 11.8 Å². The number of anilines is 1. The third-order valence-electron chi connectivity index (χ3n) is 2.22. The van der Waals surface area contributed by atoms with Crippen molar-refractivity contribution in [1.29, 1.82) is 0 Å². The molecule has 0 amide bonds. The second-order valence-electron chi connectivity index (χ2n) is 3.56. The van der Waals surface area contributed by atoms with E-state index in [1.807, 2.05) is 13.8 Å². The van der Waals surface area contributed by atoms with Gasteiger partial charge < -0.3 is 15.6 Å². The molecule has 1 aromatic rings. The van der Waals surface area contributed by atoms with E-state index in [1.54, 1.807) is 0 Å². The lowest BCUT2D eigenvalue weighted by Gasteiger charge is -2.12. The van der Waals surface area contributed by atoms with Crippen molar-refractivity contribution in [3.8, 4) is 0 Å². The van der Waals surface area contributed by atoms with Gasteiger partial charge in [0, 0.05) is 17.7 Å². The molecule has 0 saturated carbocycles. The van der Waals surface area contributed by atoms with Crippen molar-refractivity contribution in [3.63, 3.8) is 0 Å². The number of nitrogens with one attached hydrogen (secondary N) is 1. The predicted molar refractivity (Wildman–Crippen MR) is 67.8 cm³/mol. The zero-order chi connectivity index (χ0) is 12.8. The summed E-state index contributed by atoms with van der Waals surface area (Å²) in [6, 6.07) is 0. The average molecular weight is 258 g/mol. The first-order valence-electron chi connectivity index (χ1n) is 5.38. The van der Waals surface area contributed by atoms with Crippen molar-refractivity contribution in [2.24, 2.45) is 5.84 Å². The first kappa shape index (κ1) is 14.2. The molecule has 5 N–H and O–H groups in total. The Bertz CT molecular complexity index is 376. The average Bonchev–Trinajstić information content (AvgIpc) is 2.37. The largest absolute Gasteiger partial charge is 0.394 e. The number of nitrogen functional groups attached to an aromatic ring is 1. The fourth-order valence-electron chi connectivity index (χ4n) is 1.21. The number of aliphatic hydroxyl groups is 2. The summed E-state index contributed by atoms with van der Waals surface area (Å²) in [6.45, 7) is 3.57. The Morgan fingerprint density at radius 2 is 2.18 bits per heavy atom. The van der Waals surface area contributed by atoms with Crippen molar-refractivity contribution in [3.05, 3.63) is 11.4 Å². The molecule has 6 nitrogen and oxygen atoms in total. The van der Waals surface area contributed by atoms with E-state index in [2.05, 4.69) is 15.4 Å². The highest BCUT2D eigenvalue weighted by atomic mass is 32.2. The minimum Gasteiger partial charge on any atom is -0.394 e. The van der Waals surface area contributed by atoms with Gasteiger partial charge in [0.2, 0.25) is 0 Å². The molecular weight excluding hydrogens is 240 g/mol. The molecule has 0 saturated heterocycles. The molecule has 0 spiro atoms. The fourth-order valence-corrected chi connectivity index (χ4v) is 2.15. The molecule has 96 valence electrons. The van der Waals surface area contributed by atoms with Crippen molar-refractivity contribution < 1.29 is 10.2 Å². The molecule has 0 aliphatic rings. The van der Waals surface area contributed by atoms with Crippen molar-refractivity contribution in [1.82, 2.24) is 9.97 Å². The van der Waals surface area contributed by atoms with Crippen molar-refractivity contribution in [2.45, 2.75) is 31.4 Å². The third-order valence-corrected chi connectivity index (χ3v) is 3.45. The smallest absolute Gasteiger partial charge is 0.147 e. The third kappa shape index (κ3) is 3.81. The number of hydrazine groups is 1. The van der Waals surface area contributed by atoms with Gasteiger partial charge in [0.15, 0.2) is 0 Å². The molecule has 0 bridgehead atoms. The zero-order valence-electron chi connectivity index (χ0n) is 9.97. The van der Waals surface area contributed by atoms with Gasteiger partial charge in [0.05, 0.1) is 12.7 Å². The number of nitrogens with zero attached hydrogens (tertiary/aromatic N) is 2. The number of hydrogen-bond acceptors (Lipinski definition) is 7. The van der Waals surface area contributed by atoms with Gasteiger partial charge >= 0.3 is 0 Å². The van der Waals surface area contributed by atoms with Gasteiger partial charge in [0.25, 0.3) is 0 Å². The highest BCUT2D eigenvalue weighted by molar-refractivity contribution is 7.99. The molecule has 17 heavy (non-hydrogen) atoms. The molecule has 1 atom stereocenters. The minimum absolute atomic E-state index is 0.250. The van der Waals surface area contributed by atoms with Gasteiger partial charge in [-0.1, -0.05) is 6.92 Å². The zero-order valence-corrected chi connectivity index (χ0v) is 10.8. The van der Waals surface area contributed by atoms with E-state index >= 15 is 0 Å². The monoisotopic (exact) mass is 258 g/mol. The summed E-state index contributed by atoms with van der Waals surface area (Å²) in [7, 11) is 0. The van der Waals surface area contributed by atoms with Crippen LogP contribution in [0.1, 0.15) is 18.3 Å². The van der Waals surface area contributed by atoms with Gasteiger partial charge in [-0.15, -0.1) is 11.8 Å². The molecule has 0 radical (unpaired) electrons. The van der Waals surface area contributed by atoms with Gasteiger partial charge in [-0.3, -0.25) is 0 Å². The van der Waals surface area contributed by atoms with Gasteiger partial charge in [-0.25, -0.2) is 15.8 Å². The first-order chi connectivity index (χ1) is 8.12. The molecule has 1 aromatic heterocycles. The van der Waals surface area contributed by atoms with Gasteiger partial charge in [0.1, 0.15) is 16.7 Å². The first-order valence-corrected chi connectivity index (χ1v) is 6.36. The SMILES string of the molecule is CCc1nc(NN)c(C)c(SCC(O)CO)n1. The summed E-state index contributed by atoms with van der Waals surface area (Å²) in [6.07, 6.45) is -0.0286. The van der Waals surface area contributed by atoms with E-state index in [1.165, 1.54) is 11.8 Å². The van der Waals surface area contributed by atoms with E-state index in [0.29, 0.717) is 23.8 Å². The van der Waals surface area contributed by atoms with Crippen LogP contribution in [0.2, 0.25) is 0 Å². The van der Waals surface area contributed by atoms with Crippen LogP contribution in [-0.4, -0.2) is 38.6 Å². The summed E-state index contributed by atoms with van der Waals surface area (Å²) in [5.41, 5.74) is 3.38. The summed E-state index contributed by atoms with van der Waals surface area (Å²) in [5, 5.41) is 18.8. The molecular formula is C10H18N4O2S. The molecule has 0 aromatic carbocycles. The Hall–Kier alpha value is -0.890. The quantitative estimate of drug-likeness (QED) is 0.248. The maximum absolute atomic E-state index is 9.31. The molecule has 0 fully saturated rings. The number of thioether (sulfide) groups is 1. The fraction of sp³-hybridized carbons (Fsp3) is 0.600. The lowest BCUT2D eigenvalue weighted by molar-refractivity contribution is 0.113. The van der Waals surface area contributed by atoms with Crippen LogP contribution in [0.4, 0.5) is 5.82 Å². The van der Waals surface area contributed by atoms with Crippen LogP contribution in [-0.2, 0) is 6.42 Å². The molecule has 0 aliphatic heterocycles. The number of aryl methyl sites for hydroxylation is 1.